The Kier molecular flexibility index (Phi) is 31.3. The lowest BCUT2D eigenvalue weighted by molar-refractivity contribution is 0.258. The zero-order chi connectivity index (χ0) is 58.0. The van der Waals surface area contributed by atoms with Crippen molar-refractivity contribution in [2.45, 2.75) is 261 Å². The average Bonchev–Trinajstić information content (AvgIpc) is 2.43. The quantitative estimate of drug-likeness (QED) is 0.0276. The van der Waals surface area contributed by atoms with Crippen LogP contribution in [0.5, 0.6) is 46.0 Å². The number of fused-ring (bicyclic) bond motifs is 11. The minimum atomic E-state index is 0.566. The van der Waals surface area contributed by atoms with Crippen molar-refractivity contribution in [3.63, 3.8) is 0 Å². The molecule has 6 aromatic rings. The van der Waals surface area contributed by atoms with Crippen LogP contribution in [0.15, 0.2) is 48.5 Å². The van der Waals surface area contributed by atoms with E-state index in [1.54, 1.807) is 0 Å². The third-order valence-corrected chi connectivity index (χ3v) is 16.3. The highest BCUT2D eigenvalue weighted by atomic mass is 16.5. The van der Waals surface area contributed by atoms with Crippen LogP contribution in [0.25, 0.3) is 53.9 Å². The van der Waals surface area contributed by atoms with E-state index in [-0.39, 0.29) is 0 Å². The van der Waals surface area contributed by atoms with Gasteiger partial charge < -0.3 is 37.9 Å². The fourth-order valence-electron chi connectivity index (χ4n) is 11.5. The first kappa shape index (κ1) is 66.2. The van der Waals surface area contributed by atoms with E-state index in [0.717, 1.165) is 228 Å². The Hall–Kier alpha value is -4.98. The molecule has 0 fully saturated rings. The van der Waals surface area contributed by atoms with Gasteiger partial charge in [0.1, 0.15) is 11.5 Å². The molecule has 0 aliphatic rings. The summed E-state index contributed by atoms with van der Waals surface area (Å²) in [6.07, 6.45) is 35.5. The predicted molar refractivity (Wildman–Crippen MR) is 351 cm³/mol. The molecule has 0 saturated heterocycles. The number of hydrogen-bond acceptors (Lipinski definition) is 8. The Balaban J connectivity index is 1.85. The molecular formula is C74H112O8. The lowest BCUT2D eigenvalue weighted by Crippen LogP contribution is -2.07. The fourth-order valence-corrected chi connectivity index (χ4v) is 11.5. The van der Waals surface area contributed by atoms with E-state index in [2.05, 4.69) is 104 Å². The molecule has 0 radical (unpaired) electrons. The van der Waals surface area contributed by atoms with Gasteiger partial charge in [-0.25, -0.2) is 0 Å². The number of rotatable bonds is 48. The van der Waals surface area contributed by atoms with Crippen molar-refractivity contribution < 1.29 is 37.9 Å². The first-order valence-electron chi connectivity index (χ1n) is 34.0. The standard InChI is InChI=1S/C74H112O8/c1-9-17-25-33-44-75-62-43-41-42-57-69-60-54-65(78-47-36-28-20-12-4)63(76-45-34-26-18-10-2)52-58(60)59-53-64(77-46-35-27-19-11-3)66(79-48-37-29-21-13-5)55-61(59)71(69)73-72(70(57)62)67(80-49-38-30-22-14-6)56-68(81-50-39-31-23-15-7)74(73)82-51-40-32-24-16-8/h41-43,52-56H,9-40,44-51H2,1-8H3. The van der Waals surface area contributed by atoms with Gasteiger partial charge in [0.25, 0.3) is 0 Å². The summed E-state index contributed by atoms with van der Waals surface area (Å²) in [5.74, 6) is 6.28. The van der Waals surface area contributed by atoms with Crippen LogP contribution in [0.1, 0.15) is 261 Å². The molecule has 0 heterocycles. The Labute approximate surface area is 497 Å². The maximum Gasteiger partial charge on any atom is 0.169 e. The zero-order valence-electron chi connectivity index (χ0n) is 53.2. The van der Waals surface area contributed by atoms with Crippen LogP contribution in [-0.2, 0) is 0 Å². The first-order chi connectivity index (χ1) is 40.5. The van der Waals surface area contributed by atoms with Gasteiger partial charge in [0.05, 0.1) is 52.9 Å². The van der Waals surface area contributed by atoms with Gasteiger partial charge in [-0.3, -0.25) is 0 Å². The van der Waals surface area contributed by atoms with Gasteiger partial charge in [-0.15, -0.1) is 0 Å². The maximum absolute atomic E-state index is 7.39. The SMILES string of the molecule is CCCCCCOc1cc2c3cc(OCCCCCC)c(OCCCCCC)cc3c3c4c(OCCCCCC)c(OCCCCCC)cc(OCCCCCC)c4c4c(OCCCCCC)cccc4c3c2cc1OCCCCCC. The van der Waals surface area contributed by atoms with Crippen molar-refractivity contribution in [3.8, 4) is 46.0 Å². The maximum atomic E-state index is 7.39. The average molecular weight is 1130 g/mol. The molecule has 0 aliphatic carbocycles. The molecule has 0 bridgehead atoms. The van der Waals surface area contributed by atoms with E-state index in [1.165, 1.54) is 77.0 Å². The Morgan fingerprint density at radius 1 is 0.207 bits per heavy atom. The molecule has 6 rings (SSSR count). The smallest absolute Gasteiger partial charge is 0.169 e. The van der Waals surface area contributed by atoms with E-state index in [9.17, 15) is 0 Å². The molecule has 82 heavy (non-hydrogen) atoms. The molecule has 0 amide bonds. The molecule has 0 N–H and O–H groups in total. The predicted octanol–water partition coefficient (Wildman–Crippen LogP) is 23.1. The van der Waals surface area contributed by atoms with Crippen molar-refractivity contribution in [2.24, 2.45) is 0 Å². The third-order valence-electron chi connectivity index (χ3n) is 16.3. The molecule has 8 heteroatoms. The van der Waals surface area contributed by atoms with Gasteiger partial charge in [0.15, 0.2) is 34.5 Å². The lowest BCUT2D eigenvalue weighted by atomic mass is 9.85. The molecule has 0 aromatic heterocycles. The van der Waals surface area contributed by atoms with E-state index in [4.69, 9.17) is 37.9 Å². The van der Waals surface area contributed by atoms with Crippen molar-refractivity contribution in [1.82, 2.24) is 0 Å². The van der Waals surface area contributed by atoms with Crippen molar-refractivity contribution in [1.29, 1.82) is 0 Å². The summed E-state index contributed by atoms with van der Waals surface area (Å²) in [6, 6.07) is 18.0. The topological polar surface area (TPSA) is 73.8 Å². The van der Waals surface area contributed by atoms with E-state index in [0.29, 0.717) is 52.9 Å². The lowest BCUT2D eigenvalue weighted by Gasteiger charge is -2.25. The van der Waals surface area contributed by atoms with Gasteiger partial charge in [-0.2, -0.15) is 0 Å². The minimum Gasteiger partial charge on any atom is -0.493 e. The van der Waals surface area contributed by atoms with Gasteiger partial charge in [0.2, 0.25) is 0 Å². The van der Waals surface area contributed by atoms with Crippen molar-refractivity contribution >= 4 is 53.9 Å². The molecule has 0 saturated carbocycles. The van der Waals surface area contributed by atoms with Gasteiger partial charge in [-0.05, 0) is 114 Å². The van der Waals surface area contributed by atoms with Gasteiger partial charge in [0, 0.05) is 27.6 Å². The number of benzene rings is 6. The molecule has 0 aliphatic heterocycles. The summed E-state index contributed by atoms with van der Waals surface area (Å²) in [5.41, 5.74) is 0. The highest BCUT2D eigenvalue weighted by molar-refractivity contribution is 6.42. The summed E-state index contributed by atoms with van der Waals surface area (Å²) in [6.45, 7) is 23.0. The molecule has 0 spiro atoms. The first-order valence-corrected chi connectivity index (χ1v) is 34.0. The Morgan fingerprint density at radius 3 is 0.878 bits per heavy atom. The Morgan fingerprint density at radius 2 is 0.512 bits per heavy atom. The molecule has 456 valence electrons. The van der Waals surface area contributed by atoms with Crippen LogP contribution < -0.4 is 37.9 Å². The molecular weight excluding hydrogens is 1020 g/mol. The van der Waals surface area contributed by atoms with Crippen molar-refractivity contribution in [3.05, 3.63) is 48.5 Å². The van der Waals surface area contributed by atoms with Crippen LogP contribution >= 0.6 is 0 Å². The highest BCUT2D eigenvalue weighted by Gasteiger charge is 2.28. The fraction of sp³-hybridized carbons (Fsp3) is 0.649. The summed E-state index contributed by atoms with van der Waals surface area (Å²) >= 11 is 0. The normalized spacial score (nSPS) is 11.7. The van der Waals surface area contributed by atoms with Crippen LogP contribution in [0.4, 0.5) is 0 Å². The second-order valence-electron chi connectivity index (χ2n) is 23.3. The minimum absolute atomic E-state index is 0.566. The summed E-state index contributed by atoms with van der Waals surface area (Å²) in [7, 11) is 0. The van der Waals surface area contributed by atoms with Crippen LogP contribution in [0, 0.1) is 0 Å². The van der Waals surface area contributed by atoms with Crippen molar-refractivity contribution in [2.75, 3.05) is 52.9 Å². The van der Waals surface area contributed by atoms with Crippen LogP contribution in [-0.4, -0.2) is 52.9 Å². The number of unbranched alkanes of at least 4 members (excludes halogenated alkanes) is 24. The van der Waals surface area contributed by atoms with Crippen LogP contribution in [0.3, 0.4) is 0 Å². The summed E-state index contributed by atoms with van der Waals surface area (Å²) in [5, 5.41) is 10.6. The third kappa shape index (κ3) is 19.5. The summed E-state index contributed by atoms with van der Waals surface area (Å²) in [4.78, 5) is 0. The number of hydrogen-bond donors (Lipinski definition) is 0. The number of ether oxygens (including phenoxy) is 8. The van der Waals surface area contributed by atoms with E-state index < -0.39 is 0 Å². The van der Waals surface area contributed by atoms with Crippen LogP contribution in [0.2, 0.25) is 0 Å². The monoisotopic (exact) mass is 1130 g/mol. The van der Waals surface area contributed by atoms with E-state index >= 15 is 0 Å². The molecule has 0 unspecified atom stereocenters. The Bertz CT molecular complexity index is 2740. The van der Waals surface area contributed by atoms with Gasteiger partial charge >= 0.3 is 0 Å². The second-order valence-corrected chi connectivity index (χ2v) is 23.3. The van der Waals surface area contributed by atoms with Gasteiger partial charge in [-0.1, -0.05) is 222 Å². The molecule has 6 aromatic carbocycles. The largest absolute Gasteiger partial charge is 0.493 e. The second kappa shape index (κ2) is 38.8. The molecule has 8 nitrogen and oxygen atoms in total. The zero-order valence-corrected chi connectivity index (χ0v) is 53.2. The highest BCUT2D eigenvalue weighted by Crippen LogP contribution is 2.56. The van der Waals surface area contributed by atoms with E-state index in [1.807, 2.05) is 0 Å². The molecule has 0 atom stereocenters. The summed E-state index contributed by atoms with van der Waals surface area (Å²) < 4.78 is 56.6.